The number of benzene rings is 1. The van der Waals surface area contributed by atoms with Gasteiger partial charge in [0, 0.05) is 4.83 Å². The van der Waals surface area contributed by atoms with E-state index < -0.39 is 0 Å². The van der Waals surface area contributed by atoms with Crippen LogP contribution in [0.1, 0.15) is 32.3 Å². The Morgan fingerprint density at radius 2 is 2.07 bits per heavy atom. The van der Waals surface area contributed by atoms with Gasteiger partial charge >= 0.3 is 0 Å². The highest BCUT2D eigenvalue weighted by Gasteiger charge is 2.08. The smallest absolute Gasteiger partial charge is 0.123 e. The Bertz CT molecular complexity index is 296. The van der Waals surface area contributed by atoms with Crippen LogP contribution in [0.5, 0.6) is 0 Å². The first kappa shape index (κ1) is 12.7. The van der Waals surface area contributed by atoms with Crippen molar-refractivity contribution in [2.24, 2.45) is 5.92 Å². The summed E-state index contributed by atoms with van der Waals surface area (Å²) in [6.45, 7) is 4.42. The minimum atomic E-state index is -0.133. The van der Waals surface area contributed by atoms with Crippen LogP contribution in [-0.4, -0.2) is 4.83 Å². The number of hydrogen-bond acceptors (Lipinski definition) is 0. The Balaban J connectivity index is 2.32. The third-order valence-corrected chi connectivity index (χ3v) is 4.07. The van der Waals surface area contributed by atoms with E-state index >= 15 is 0 Å². The molecule has 0 aliphatic rings. The highest BCUT2D eigenvalue weighted by molar-refractivity contribution is 9.09. The minimum absolute atomic E-state index is 0.133. The van der Waals surface area contributed by atoms with Crippen molar-refractivity contribution in [1.82, 2.24) is 0 Å². The summed E-state index contributed by atoms with van der Waals surface area (Å²) in [7, 11) is 0. The van der Waals surface area contributed by atoms with Crippen molar-refractivity contribution >= 4 is 15.9 Å². The average Bonchev–Trinajstić information content (AvgIpc) is 2.17. The van der Waals surface area contributed by atoms with E-state index in [4.69, 9.17) is 0 Å². The summed E-state index contributed by atoms with van der Waals surface area (Å²) in [5, 5.41) is 0. The molecule has 0 nitrogen and oxygen atoms in total. The van der Waals surface area contributed by atoms with Crippen molar-refractivity contribution in [2.45, 2.75) is 37.9 Å². The summed E-state index contributed by atoms with van der Waals surface area (Å²) in [5.41, 5.74) is 1.10. The molecule has 0 saturated carbocycles. The molecule has 0 bridgehead atoms. The van der Waals surface area contributed by atoms with E-state index in [1.807, 2.05) is 6.07 Å². The van der Waals surface area contributed by atoms with Gasteiger partial charge in [-0.3, -0.25) is 0 Å². The molecule has 0 aromatic heterocycles. The molecule has 0 aliphatic carbocycles. The van der Waals surface area contributed by atoms with Crippen molar-refractivity contribution in [3.05, 3.63) is 35.6 Å². The second-order valence-corrected chi connectivity index (χ2v) is 5.46. The van der Waals surface area contributed by atoms with Gasteiger partial charge in [0.05, 0.1) is 0 Å². The number of halogens is 2. The van der Waals surface area contributed by atoms with E-state index in [-0.39, 0.29) is 5.82 Å². The second kappa shape index (κ2) is 6.26. The largest absolute Gasteiger partial charge is 0.207 e. The van der Waals surface area contributed by atoms with Crippen LogP contribution in [0.2, 0.25) is 0 Å². The van der Waals surface area contributed by atoms with E-state index in [1.165, 1.54) is 6.07 Å². The second-order valence-electron chi connectivity index (χ2n) is 4.28. The molecule has 15 heavy (non-hydrogen) atoms. The van der Waals surface area contributed by atoms with Gasteiger partial charge in [-0.05, 0) is 42.9 Å². The summed E-state index contributed by atoms with van der Waals surface area (Å²) < 4.78 is 12.9. The molecular weight excluding hydrogens is 255 g/mol. The van der Waals surface area contributed by atoms with Crippen molar-refractivity contribution in [3.63, 3.8) is 0 Å². The lowest BCUT2D eigenvalue weighted by Gasteiger charge is -2.12. The molecule has 2 heteroatoms. The number of hydrogen-bond donors (Lipinski definition) is 0. The van der Waals surface area contributed by atoms with Gasteiger partial charge in [0.2, 0.25) is 0 Å². The normalized spacial score (nSPS) is 13.1. The Morgan fingerprint density at radius 3 is 2.67 bits per heavy atom. The van der Waals surface area contributed by atoms with E-state index in [9.17, 15) is 4.39 Å². The first-order valence-electron chi connectivity index (χ1n) is 5.48. The van der Waals surface area contributed by atoms with Gasteiger partial charge in [0.25, 0.3) is 0 Å². The van der Waals surface area contributed by atoms with Crippen LogP contribution in [0.4, 0.5) is 4.39 Å². The fourth-order valence-corrected chi connectivity index (χ4v) is 1.85. The highest BCUT2D eigenvalue weighted by atomic mass is 79.9. The van der Waals surface area contributed by atoms with Crippen molar-refractivity contribution in [1.29, 1.82) is 0 Å². The summed E-state index contributed by atoms with van der Waals surface area (Å²) in [4.78, 5) is 0.575. The molecule has 0 spiro atoms. The molecule has 1 aromatic carbocycles. The summed E-state index contributed by atoms with van der Waals surface area (Å²) >= 11 is 3.66. The van der Waals surface area contributed by atoms with Crippen molar-refractivity contribution in [2.75, 3.05) is 0 Å². The third kappa shape index (κ3) is 4.78. The lowest BCUT2D eigenvalue weighted by molar-refractivity contribution is 0.561. The summed E-state index contributed by atoms with van der Waals surface area (Å²) in [6, 6.07) is 6.88. The van der Waals surface area contributed by atoms with Crippen LogP contribution in [0.25, 0.3) is 0 Å². The molecule has 0 aliphatic heterocycles. The standard InChI is InChI=1S/C13H18BrF/c1-10(2)13(14)8-4-6-11-5-3-7-12(15)9-11/h3,5,7,9-10,13H,4,6,8H2,1-2H3. The molecule has 1 rings (SSSR count). The zero-order valence-electron chi connectivity index (χ0n) is 9.34. The van der Waals surface area contributed by atoms with E-state index in [0.717, 1.165) is 24.8 Å². The maximum atomic E-state index is 12.9. The Morgan fingerprint density at radius 1 is 1.33 bits per heavy atom. The predicted molar refractivity (Wildman–Crippen MR) is 66.9 cm³/mol. The number of alkyl halides is 1. The summed E-state index contributed by atoms with van der Waals surface area (Å²) in [5.74, 6) is 0.532. The molecule has 0 amide bonds. The van der Waals surface area contributed by atoms with E-state index in [2.05, 4.69) is 29.8 Å². The van der Waals surface area contributed by atoms with Crippen LogP contribution in [0.3, 0.4) is 0 Å². The number of aryl methyl sites for hydroxylation is 1. The van der Waals surface area contributed by atoms with Gasteiger partial charge in [0.1, 0.15) is 5.82 Å². The van der Waals surface area contributed by atoms with Gasteiger partial charge in [-0.1, -0.05) is 41.9 Å². The topological polar surface area (TPSA) is 0 Å². The zero-order chi connectivity index (χ0) is 11.3. The Hall–Kier alpha value is -0.370. The zero-order valence-corrected chi connectivity index (χ0v) is 10.9. The molecule has 0 radical (unpaired) electrons. The number of rotatable bonds is 5. The maximum Gasteiger partial charge on any atom is 0.123 e. The fourth-order valence-electron chi connectivity index (χ4n) is 1.53. The predicted octanol–water partition coefficient (Wildman–Crippen LogP) is 4.57. The SMILES string of the molecule is CC(C)C(Br)CCCc1cccc(F)c1. The van der Waals surface area contributed by atoms with E-state index in [0.29, 0.717) is 10.7 Å². The molecule has 1 atom stereocenters. The molecule has 0 heterocycles. The average molecular weight is 273 g/mol. The summed E-state index contributed by atoms with van der Waals surface area (Å²) in [6.07, 6.45) is 3.22. The van der Waals surface area contributed by atoms with Crippen LogP contribution >= 0.6 is 15.9 Å². The molecular formula is C13H18BrF. The van der Waals surface area contributed by atoms with Gasteiger partial charge in [-0.15, -0.1) is 0 Å². The van der Waals surface area contributed by atoms with Crippen LogP contribution in [0, 0.1) is 11.7 Å². The van der Waals surface area contributed by atoms with Gasteiger partial charge in [0.15, 0.2) is 0 Å². The lowest BCUT2D eigenvalue weighted by atomic mass is 10.0. The molecule has 0 fully saturated rings. The van der Waals surface area contributed by atoms with Crippen LogP contribution < -0.4 is 0 Å². The van der Waals surface area contributed by atoms with E-state index in [1.54, 1.807) is 12.1 Å². The Kier molecular flexibility index (Phi) is 5.30. The first-order valence-corrected chi connectivity index (χ1v) is 6.39. The van der Waals surface area contributed by atoms with Crippen molar-refractivity contribution < 1.29 is 4.39 Å². The molecule has 0 saturated heterocycles. The minimum Gasteiger partial charge on any atom is -0.207 e. The molecule has 0 N–H and O–H groups in total. The van der Waals surface area contributed by atoms with Gasteiger partial charge in [-0.2, -0.15) is 0 Å². The van der Waals surface area contributed by atoms with Crippen LogP contribution in [0.15, 0.2) is 24.3 Å². The van der Waals surface area contributed by atoms with Gasteiger partial charge < -0.3 is 0 Å². The monoisotopic (exact) mass is 272 g/mol. The van der Waals surface area contributed by atoms with Crippen LogP contribution in [-0.2, 0) is 6.42 Å². The fraction of sp³-hybridized carbons (Fsp3) is 0.538. The third-order valence-electron chi connectivity index (χ3n) is 2.56. The lowest BCUT2D eigenvalue weighted by Crippen LogP contribution is -2.07. The Labute approximate surface area is 100 Å². The highest BCUT2D eigenvalue weighted by Crippen LogP contribution is 2.19. The maximum absolute atomic E-state index is 12.9. The molecule has 1 unspecified atom stereocenters. The molecule has 1 aromatic rings. The van der Waals surface area contributed by atoms with Gasteiger partial charge in [-0.25, -0.2) is 4.39 Å². The quantitative estimate of drug-likeness (QED) is 0.689. The van der Waals surface area contributed by atoms with Crippen molar-refractivity contribution in [3.8, 4) is 0 Å². The first-order chi connectivity index (χ1) is 7.09. The molecule has 84 valence electrons.